The van der Waals surface area contributed by atoms with Gasteiger partial charge in [-0.1, -0.05) is 11.6 Å². The highest BCUT2D eigenvalue weighted by molar-refractivity contribution is 6.33. The Balaban J connectivity index is 2.29. The van der Waals surface area contributed by atoms with Crippen LogP contribution in [0.5, 0.6) is 0 Å². The number of benzene rings is 2. The molecule has 0 aliphatic heterocycles. The van der Waals surface area contributed by atoms with Gasteiger partial charge in [0.25, 0.3) is 0 Å². The summed E-state index contributed by atoms with van der Waals surface area (Å²) in [7, 11) is 0. The Kier molecular flexibility index (Phi) is 7.14. The highest BCUT2D eigenvalue weighted by Gasteiger charge is 2.12. The van der Waals surface area contributed by atoms with Crippen LogP contribution in [0.25, 0.3) is 0 Å². The first-order valence-corrected chi connectivity index (χ1v) is 8.64. The van der Waals surface area contributed by atoms with Gasteiger partial charge in [-0.15, -0.1) is 4.91 Å². The summed E-state index contributed by atoms with van der Waals surface area (Å²) in [5.74, 6) is -0.286. The lowest BCUT2D eigenvalue weighted by Crippen LogP contribution is -2.17. The number of aliphatic hydroxyl groups is 1. The second-order valence-electron chi connectivity index (χ2n) is 5.97. The lowest BCUT2D eigenvalue weighted by Gasteiger charge is -2.18. The van der Waals surface area contributed by atoms with Crippen molar-refractivity contribution >= 4 is 45.9 Å². The van der Waals surface area contributed by atoms with Gasteiger partial charge in [-0.3, -0.25) is 15.6 Å². The molecular weight excluding hydrogens is 384 g/mol. The van der Waals surface area contributed by atoms with Crippen LogP contribution < -0.4 is 21.5 Å². The van der Waals surface area contributed by atoms with E-state index in [-0.39, 0.29) is 23.7 Å². The van der Waals surface area contributed by atoms with E-state index in [2.05, 4.69) is 26.7 Å². The summed E-state index contributed by atoms with van der Waals surface area (Å²) in [6, 6.07) is 9.52. The van der Waals surface area contributed by atoms with Crippen molar-refractivity contribution in [3.63, 3.8) is 0 Å². The van der Waals surface area contributed by atoms with Crippen molar-refractivity contribution in [1.82, 2.24) is 0 Å². The van der Waals surface area contributed by atoms with Crippen LogP contribution >= 0.6 is 11.6 Å². The predicted octanol–water partition coefficient (Wildman–Crippen LogP) is 3.80. The van der Waals surface area contributed by atoms with Crippen LogP contribution in [0.1, 0.15) is 19.4 Å². The van der Waals surface area contributed by atoms with E-state index in [9.17, 15) is 20.1 Å². The van der Waals surface area contributed by atoms with Gasteiger partial charge in [0.1, 0.15) is 11.8 Å². The number of nitroso groups, excluding NO2 is 1. The van der Waals surface area contributed by atoms with E-state index in [0.717, 1.165) is 0 Å². The minimum atomic E-state index is -0.576. The molecule has 5 N–H and O–H groups in total. The Morgan fingerprint density at radius 1 is 1.21 bits per heavy atom. The molecule has 1 atom stereocenters. The molecule has 0 spiro atoms. The molecule has 1 amide bonds. The number of halogens is 1. The number of carbonyl (C=O) groups is 1. The number of nitrogens with zero attached hydrogens (tertiary/aromatic N) is 2. The highest BCUT2D eigenvalue weighted by atomic mass is 35.5. The molecule has 0 aliphatic carbocycles. The zero-order valence-electron chi connectivity index (χ0n) is 15.2. The molecule has 0 bridgehead atoms. The molecule has 28 heavy (non-hydrogen) atoms. The molecule has 9 nitrogen and oxygen atoms in total. The van der Waals surface area contributed by atoms with Crippen molar-refractivity contribution in [3.8, 4) is 6.07 Å². The molecule has 146 valence electrons. The largest absolute Gasteiger partial charge is 0.392 e. The van der Waals surface area contributed by atoms with E-state index in [1.807, 2.05) is 6.07 Å². The minimum absolute atomic E-state index is 0.137. The van der Waals surface area contributed by atoms with Crippen molar-refractivity contribution in [2.24, 2.45) is 5.18 Å². The predicted molar refractivity (Wildman–Crippen MR) is 110 cm³/mol. The number of aliphatic hydroxyl groups excluding tert-OH is 1. The Hall–Kier alpha value is -3.35. The fourth-order valence-corrected chi connectivity index (χ4v) is 2.52. The number of hydrogen-bond acceptors (Lipinski definition) is 8. The smallest absolute Gasteiger partial charge is 0.221 e. The fraction of sp³-hybridized carbons (Fsp3) is 0.222. The van der Waals surface area contributed by atoms with E-state index in [1.54, 1.807) is 19.1 Å². The van der Waals surface area contributed by atoms with Crippen LogP contribution in [-0.2, 0) is 4.79 Å². The average molecular weight is 403 g/mol. The van der Waals surface area contributed by atoms with Crippen molar-refractivity contribution in [2.45, 2.75) is 20.0 Å². The average Bonchev–Trinajstić information content (AvgIpc) is 2.66. The summed E-state index contributed by atoms with van der Waals surface area (Å²) < 4.78 is 0. The van der Waals surface area contributed by atoms with E-state index < -0.39 is 6.10 Å². The number of hydrogen-bond donors (Lipinski definition) is 5. The Bertz CT molecular complexity index is 926. The fourth-order valence-electron chi connectivity index (χ4n) is 2.29. The monoisotopic (exact) mass is 402 g/mol. The van der Waals surface area contributed by atoms with Crippen molar-refractivity contribution in [1.29, 1.82) is 5.26 Å². The lowest BCUT2D eigenvalue weighted by atomic mass is 10.2. The van der Waals surface area contributed by atoms with Gasteiger partial charge >= 0.3 is 0 Å². The van der Waals surface area contributed by atoms with Gasteiger partial charge in [0.2, 0.25) is 5.91 Å². The SMILES string of the molecule is CC(=O)Nc1cc(NCC(C)O)c(Cl)cc1NNc1ccc(N=O)cc1C#N. The maximum Gasteiger partial charge on any atom is 0.221 e. The third kappa shape index (κ3) is 5.57. The number of carbonyl (C=O) groups excluding carboxylic acids is 1. The Morgan fingerprint density at radius 2 is 1.93 bits per heavy atom. The normalized spacial score (nSPS) is 11.1. The number of amides is 1. The second-order valence-corrected chi connectivity index (χ2v) is 6.38. The van der Waals surface area contributed by atoms with E-state index in [0.29, 0.717) is 27.8 Å². The van der Waals surface area contributed by atoms with Crippen LogP contribution in [0, 0.1) is 16.2 Å². The first kappa shape index (κ1) is 21.0. The molecule has 0 heterocycles. The molecule has 0 fully saturated rings. The third-order valence-corrected chi connectivity index (χ3v) is 3.88. The number of rotatable bonds is 8. The molecule has 2 aromatic rings. The van der Waals surface area contributed by atoms with Crippen molar-refractivity contribution in [2.75, 3.05) is 28.0 Å². The molecule has 0 aliphatic rings. The standard InChI is InChI=1S/C18H19ClN6O3/c1-10(26)9-21-16-7-17(22-11(2)27)18(6-14(16)19)24-23-15-4-3-13(25-28)5-12(15)8-20/h3-7,10,21,23-24,26H,9H2,1-2H3,(H,22,27). The molecule has 1 unspecified atom stereocenters. The number of anilines is 4. The van der Waals surface area contributed by atoms with E-state index in [4.69, 9.17) is 11.6 Å². The molecule has 2 rings (SSSR count). The van der Waals surface area contributed by atoms with E-state index >= 15 is 0 Å². The molecule has 0 saturated heterocycles. The van der Waals surface area contributed by atoms with Crippen molar-refractivity contribution in [3.05, 3.63) is 45.8 Å². The third-order valence-electron chi connectivity index (χ3n) is 3.57. The number of nitriles is 1. The maximum absolute atomic E-state index is 11.5. The maximum atomic E-state index is 11.5. The van der Waals surface area contributed by atoms with Gasteiger partial charge in [0.05, 0.1) is 39.4 Å². The topological polar surface area (TPSA) is 139 Å². The van der Waals surface area contributed by atoms with E-state index in [1.165, 1.54) is 25.1 Å². The van der Waals surface area contributed by atoms with Crippen LogP contribution in [0.15, 0.2) is 35.5 Å². The molecule has 10 heteroatoms. The lowest BCUT2D eigenvalue weighted by molar-refractivity contribution is -0.114. The van der Waals surface area contributed by atoms with Gasteiger partial charge in [0.15, 0.2) is 0 Å². The quantitative estimate of drug-likeness (QED) is 0.334. The first-order chi connectivity index (χ1) is 13.3. The second kappa shape index (κ2) is 9.55. The van der Waals surface area contributed by atoms with Gasteiger partial charge < -0.3 is 15.7 Å². The van der Waals surface area contributed by atoms with Crippen molar-refractivity contribution < 1.29 is 9.90 Å². The molecule has 0 saturated carbocycles. The van der Waals surface area contributed by atoms with Gasteiger partial charge in [0, 0.05) is 13.5 Å². The van der Waals surface area contributed by atoms with Gasteiger partial charge in [-0.05, 0) is 42.4 Å². The number of hydrazine groups is 1. The number of nitrogens with one attached hydrogen (secondary N) is 4. The first-order valence-electron chi connectivity index (χ1n) is 8.26. The van der Waals surface area contributed by atoms with Crippen LogP contribution in [0.2, 0.25) is 5.02 Å². The summed E-state index contributed by atoms with van der Waals surface area (Å²) in [6.45, 7) is 3.29. The summed E-state index contributed by atoms with van der Waals surface area (Å²) in [6.07, 6.45) is -0.576. The minimum Gasteiger partial charge on any atom is -0.392 e. The summed E-state index contributed by atoms with van der Waals surface area (Å²) >= 11 is 6.28. The molecule has 2 aromatic carbocycles. The molecule has 0 aromatic heterocycles. The van der Waals surface area contributed by atoms with Crippen LogP contribution in [-0.4, -0.2) is 23.7 Å². The molecule has 0 radical (unpaired) electrons. The van der Waals surface area contributed by atoms with Gasteiger partial charge in [-0.25, -0.2) is 0 Å². The highest BCUT2D eigenvalue weighted by Crippen LogP contribution is 2.33. The Morgan fingerprint density at radius 3 is 2.54 bits per heavy atom. The zero-order chi connectivity index (χ0) is 20.7. The summed E-state index contributed by atoms with van der Waals surface area (Å²) in [4.78, 5) is 22.1. The summed E-state index contributed by atoms with van der Waals surface area (Å²) in [5, 5.41) is 27.5. The Labute approximate surface area is 166 Å². The zero-order valence-corrected chi connectivity index (χ0v) is 16.0. The summed E-state index contributed by atoms with van der Waals surface area (Å²) in [5.41, 5.74) is 7.93. The van der Waals surface area contributed by atoms with Crippen LogP contribution in [0.3, 0.4) is 0 Å². The molecular formula is C18H19ClN6O3. The van der Waals surface area contributed by atoms with Gasteiger partial charge in [-0.2, -0.15) is 5.26 Å². The van der Waals surface area contributed by atoms with Crippen LogP contribution in [0.4, 0.5) is 28.4 Å².